The van der Waals surface area contributed by atoms with Gasteiger partial charge in [-0.05, 0) is 60.7 Å². The molecule has 3 nitrogen and oxygen atoms in total. The Balaban J connectivity index is 1.75. The minimum Gasteiger partial charge on any atom is -0.348 e. The fourth-order valence-electron chi connectivity index (χ4n) is 3.18. The zero-order chi connectivity index (χ0) is 20.5. The first-order valence-corrected chi connectivity index (χ1v) is 9.99. The maximum Gasteiger partial charge on any atom is 0.252 e. The summed E-state index contributed by atoms with van der Waals surface area (Å²) in [5.74, 6) is -2.24. The van der Waals surface area contributed by atoms with Crippen LogP contribution in [0, 0.1) is 25.5 Å². The molecule has 4 rings (SSSR count). The molecule has 1 N–H and O–H groups in total. The van der Waals surface area contributed by atoms with Crippen LogP contribution in [0.2, 0.25) is 0 Å². The molecule has 6 heteroatoms. The van der Waals surface area contributed by atoms with Crippen LogP contribution in [0.5, 0.6) is 0 Å². The summed E-state index contributed by atoms with van der Waals surface area (Å²) in [6, 6.07) is 13.5. The summed E-state index contributed by atoms with van der Waals surface area (Å²) in [6.07, 6.45) is 0. The Morgan fingerprint density at radius 1 is 1.07 bits per heavy atom. The lowest BCUT2D eigenvalue weighted by molar-refractivity contribution is 0.0952. The maximum atomic E-state index is 13.9. The second-order valence-electron chi connectivity index (χ2n) is 6.88. The third kappa shape index (κ3) is 3.76. The molecule has 0 saturated heterocycles. The number of amides is 1. The number of fused-ring (bicyclic) bond motifs is 1. The molecule has 0 radical (unpaired) electrons. The smallest absolute Gasteiger partial charge is 0.252 e. The molecule has 1 amide bonds. The molecule has 0 bridgehead atoms. The van der Waals surface area contributed by atoms with E-state index in [4.69, 9.17) is 4.98 Å². The minimum atomic E-state index is -0.946. The highest BCUT2D eigenvalue weighted by atomic mass is 32.1. The Bertz CT molecular complexity index is 1220. The van der Waals surface area contributed by atoms with Crippen LogP contribution in [0.3, 0.4) is 0 Å². The molecule has 0 atom stereocenters. The van der Waals surface area contributed by atoms with Gasteiger partial charge in [-0.1, -0.05) is 18.2 Å². The molecular weight excluding hydrogens is 390 g/mol. The van der Waals surface area contributed by atoms with Crippen LogP contribution in [0.4, 0.5) is 8.78 Å². The number of hydrogen-bond acceptors (Lipinski definition) is 3. The third-order valence-corrected chi connectivity index (χ3v) is 5.81. The number of nitrogens with zero attached hydrogens (tertiary/aromatic N) is 1. The highest BCUT2D eigenvalue weighted by molar-refractivity contribution is 7.13. The zero-order valence-electron chi connectivity index (χ0n) is 15.9. The van der Waals surface area contributed by atoms with Crippen LogP contribution in [0.15, 0.2) is 53.9 Å². The lowest BCUT2D eigenvalue weighted by Gasteiger charge is -2.12. The molecule has 4 aromatic rings. The Kier molecular flexibility index (Phi) is 5.11. The van der Waals surface area contributed by atoms with Gasteiger partial charge < -0.3 is 5.32 Å². The SMILES string of the molecule is Cc1cc2nc(-c3cccs3)cc(C(=O)NCc3cccc(F)c3F)c2cc1C. The van der Waals surface area contributed by atoms with Crippen LogP contribution < -0.4 is 5.32 Å². The normalized spacial score (nSPS) is 11.0. The van der Waals surface area contributed by atoms with E-state index >= 15 is 0 Å². The van der Waals surface area contributed by atoms with Crippen molar-refractivity contribution < 1.29 is 13.6 Å². The number of halogens is 2. The van der Waals surface area contributed by atoms with Gasteiger partial charge in [-0.2, -0.15) is 0 Å². The Morgan fingerprint density at radius 2 is 1.86 bits per heavy atom. The summed E-state index contributed by atoms with van der Waals surface area (Å²) in [7, 11) is 0. The van der Waals surface area contributed by atoms with E-state index in [0.717, 1.165) is 33.0 Å². The first kappa shape index (κ1) is 19.2. The average Bonchev–Trinajstić information content (AvgIpc) is 3.24. The fraction of sp³-hybridized carbons (Fsp3) is 0.130. The number of benzene rings is 2. The van der Waals surface area contributed by atoms with Crippen LogP contribution in [0.25, 0.3) is 21.5 Å². The van der Waals surface area contributed by atoms with Gasteiger partial charge in [0.15, 0.2) is 11.6 Å². The standard InChI is InChI=1S/C23H18F2N2OS/c1-13-9-16-17(23(28)26-12-15-5-3-6-18(24)22(15)25)11-20(21-7-4-8-29-21)27-19(16)10-14(13)2/h3-11H,12H2,1-2H3,(H,26,28). The second-order valence-corrected chi connectivity index (χ2v) is 7.83. The van der Waals surface area contributed by atoms with Crippen LogP contribution >= 0.6 is 11.3 Å². The van der Waals surface area contributed by atoms with Crippen molar-refractivity contribution in [2.75, 3.05) is 0 Å². The van der Waals surface area contributed by atoms with E-state index in [1.165, 1.54) is 12.1 Å². The summed E-state index contributed by atoms with van der Waals surface area (Å²) in [5, 5.41) is 5.39. The molecule has 29 heavy (non-hydrogen) atoms. The Labute approximate surface area is 171 Å². The number of nitrogens with one attached hydrogen (secondary N) is 1. The quantitative estimate of drug-likeness (QED) is 0.464. The van der Waals surface area contributed by atoms with Crippen molar-refractivity contribution in [2.24, 2.45) is 0 Å². The van der Waals surface area contributed by atoms with Crippen LogP contribution in [-0.2, 0) is 6.54 Å². The van der Waals surface area contributed by atoms with Crippen LogP contribution in [0.1, 0.15) is 27.0 Å². The van der Waals surface area contributed by atoms with Crippen molar-refractivity contribution in [1.82, 2.24) is 10.3 Å². The molecule has 0 aliphatic carbocycles. The Hall–Kier alpha value is -3.12. The van der Waals surface area contributed by atoms with E-state index in [1.807, 2.05) is 43.5 Å². The predicted octanol–water partition coefficient (Wildman–Crippen LogP) is 5.79. The summed E-state index contributed by atoms with van der Waals surface area (Å²) >= 11 is 1.54. The number of rotatable bonds is 4. The van der Waals surface area contributed by atoms with E-state index in [-0.39, 0.29) is 18.0 Å². The van der Waals surface area contributed by atoms with Crippen molar-refractivity contribution in [1.29, 1.82) is 0 Å². The fourth-order valence-corrected chi connectivity index (χ4v) is 3.87. The van der Waals surface area contributed by atoms with Gasteiger partial charge in [-0.25, -0.2) is 13.8 Å². The van der Waals surface area contributed by atoms with Crippen molar-refractivity contribution in [3.05, 3.63) is 87.8 Å². The van der Waals surface area contributed by atoms with Gasteiger partial charge in [-0.15, -0.1) is 11.3 Å². The molecule has 0 saturated carbocycles. The van der Waals surface area contributed by atoms with Gasteiger partial charge in [0.25, 0.3) is 5.91 Å². The summed E-state index contributed by atoms with van der Waals surface area (Å²) < 4.78 is 27.4. The molecule has 2 heterocycles. The summed E-state index contributed by atoms with van der Waals surface area (Å²) in [4.78, 5) is 18.7. The molecule has 0 aliphatic heterocycles. The monoisotopic (exact) mass is 408 g/mol. The van der Waals surface area contributed by atoms with Crippen molar-refractivity contribution in [2.45, 2.75) is 20.4 Å². The lowest BCUT2D eigenvalue weighted by Crippen LogP contribution is -2.24. The van der Waals surface area contributed by atoms with E-state index in [0.29, 0.717) is 11.3 Å². The number of carbonyl (C=O) groups excluding carboxylic acids is 1. The maximum absolute atomic E-state index is 13.9. The van der Waals surface area contributed by atoms with Crippen LogP contribution in [-0.4, -0.2) is 10.9 Å². The number of carbonyl (C=O) groups is 1. The highest BCUT2D eigenvalue weighted by Crippen LogP contribution is 2.29. The number of aromatic nitrogens is 1. The van der Waals surface area contributed by atoms with E-state index in [2.05, 4.69) is 5.32 Å². The third-order valence-electron chi connectivity index (χ3n) is 4.91. The highest BCUT2D eigenvalue weighted by Gasteiger charge is 2.16. The predicted molar refractivity (Wildman–Crippen MR) is 112 cm³/mol. The van der Waals surface area contributed by atoms with Gasteiger partial charge >= 0.3 is 0 Å². The molecule has 2 aromatic carbocycles. The molecule has 0 unspecified atom stereocenters. The Morgan fingerprint density at radius 3 is 2.62 bits per heavy atom. The van der Waals surface area contributed by atoms with Gasteiger partial charge in [-0.3, -0.25) is 4.79 Å². The molecule has 0 spiro atoms. The summed E-state index contributed by atoms with van der Waals surface area (Å²) in [5.41, 5.74) is 4.12. The van der Waals surface area contributed by atoms with Crippen molar-refractivity contribution >= 4 is 28.1 Å². The first-order chi connectivity index (χ1) is 13.9. The van der Waals surface area contributed by atoms with E-state index < -0.39 is 11.6 Å². The largest absolute Gasteiger partial charge is 0.348 e. The topological polar surface area (TPSA) is 42.0 Å². The average molecular weight is 408 g/mol. The number of hydrogen-bond donors (Lipinski definition) is 1. The van der Waals surface area contributed by atoms with E-state index in [1.54, 1.807) is 17.4 Å². The zero-order valence-corrected chi connectivity index (χ0v) is 16.7. The lowest BCUT2D eigenvalue weighted by atomic mass is 10.0. The van der Waals surface area contributed by atoms with Gasteiger partial charge in [0.2, 0.25) is 0 Å². The molecular formula is C23H18F2N2OS. The minimum absolute atomic E-state index is 0.0993. The number of aryl methyl sites for hydroxylation is 2. The van der Waals surface area contributed by atoms with Gasteiger partial charge in [0.05, 0.1) is 21.7 Å². The van der Waals surface area contributed by atoms with Gasteiger partial charge in [0, 0.05) is 17.5 Å². The number of thiophene rings is 1. The molecule has 0 aliphatic rings. The van der Waals surface area contributed by atoms with Crippen molar-refractivity contribution in [3.8, 4) is 10.6 Å². The van der Waals surface area contributed by atoms with E-state index in [9.17, 15) is 13.6 Å². The first-order valence-electron chi connectivity index (χ1n) is 9.11. The molecule has 146 valence electrons. The van der Waals surface area contributed by atoms with Crippen molar-refractivity contribution in [3.63, 3.8) is 0 Å². The number of pyridine rings is 1. The second kappa shape index (κ2) is 7.72. The summed E-state index contributed by atoms with van der Waals surface area (Å²) in [6.45, 7) is 3.87. The molecule has 0 fully saturated rings. The molecule has 2 aromatic heterocycles. The van der Waals surface area contributed by atoms with Gasteiger partial charge in [0.1, 0.15) is 0 Å².